The number of aliphatic hydroxyl groups excluding tert-OH is 1. The van der Waals surface area contributed by atoms with E-state index in [1.165, 1.54) is 0 Å². The van der Waals surface area contributed by atoms with Gasteiger partial charge in [0.2, 0.25) is 0 Å². The molecule has 4 nitrogen and oxygen atoms in total. The molecule has 1 aromatic rings. The Bertz CT molecular complexity index is 353. The van der Waals surface area contributed by atoms with E-state index in [0.29, 0.717) is 30.8 Å². The maximum atomic E-state index is 12.1. The van der Waals surface area contributed by atoms with Crippen molar-refractivity contribution in [3.63, 3.8) is 0 Å². The van der Waals surface area contributed by atoms with Crippen molar-refractivity contribution in [2.75, 3.05) is 25.4 Å². The summed E-state index contributed by atoms with van der Waals surface area (Å²) in [6.45, 7) is 3.18. The van der Waals surface area contributed by atoms with Gasteiger partial charge in [-0.25, -0.2) is 0 Å². The molecule has 1 rings (SSSR count). The zero-order valence-electron chi connectivity index (χ0n) is 9.52. The molecule has 0 saturated heterocycles. The van der Waals surface area contributed by atoms with Crippen molar-refractivity contribution < 1.29 is 9.90 Å². The number of amides is 1. The molecule has 0 unspecified atom stereocenters. The van der Waals surface area contributed by atoms with Crippen LogP contribution in [0.4, 0.5) is 5.69 Å². The highest BCUT2D eigenvalue weighted by molar-refractivity contribution is 5.99. The summed E-state index contributed by atoms with van der Waals surface area (Å²) in [4.78, 5) is 13.7. The van der Waals surface area contributed by atoms with Crippen LogP contribution in [-0.2, 0) is 0 Å². The van der Waals surface area contributed by atoms with E-state index in [4.69, 9.17) is 10.8 Å². The second-order valence-electron chi connectivity index (χ2n) is 3.55. The smallest absolute Gasteiger partial charge is 0.255 e. The summed E-state index contributed by atoms with van der Waals surface area (Å²) in [5.41, 5.74) is 6.77. The van der Waals surface area contributed by atoms with Gasteiger partial charge in [-0.1, -0.05) is 12.1 Å². The maximum absolute atomic E-state index is 12.1. The van der Waals surface area contributed by atoms with Crippen molar-refractivity contribution in [3.8, 4) is 0 Å². The van der Waals surface area contributed by atoms with Crippen LogP contribution < -0.4 is 5.73 Å². The molecule has 1 aromatic carbocycles. The third kappa shape index (κ3) is 2.97. The van der Waals surface area contributed by atoms with Gasteiger partial charge in [-0.15, -0.1) is 0 Å². The minimum absolute atomic E-state index is 0.0750. The summed E-state index contributed by atoms with van der Waals surface area (Å²) in [5.74, 6) is -0.0750. The van der Waals surface area contributed by atoms with Gasteiger partial charge in [-0.05, 0) is 25.5 Å². The second kappa shape index (κ2) is 6.12. The summed E-state index contributed by atoms with van der Waals surface area (Å²) in [5, 5.41) is 8.75. The van der Waals surface area contributed by atoms with Crippen LogP contribution in [0.5, 0.6) is 0 Å². The number of carbonyl (C=O) groups excluding carboxylic acids is 1. The molecule has 16 heavy (non-hydrogen) atoms. The molecule has 4 heteroatoms. The Morgan fingerprint density at radius 2 is 2.12 bits per heavy atom. The fraction of sp³-hybridized carbons (Fsp3) is 0.417. The molecule has 0 aliphatic carbocycles. The van der Waals surface area contributed by atoms with Crippen molar-refractivity contribution in [2.24, 2.45) is 0 Å². The molecule has 0 aromatic heterocycles. The first kappa shape index (κ1) is 12.5. The molecule has 0 bridgehead atoms. The number of rotatable bonds is 5. The van der Waals surface area contributed by atoms with Gasteiger partial charge in [0.15, 0.2) is 0 Å². The standard InChI is InChI=1S/C12H18N2O2/c1-2-14(8-5-9-15)12(16)10-6-3-4-7-11(10)13/h3-4,6-7,15H,2,5,8-9,13H2,1H3. The van der Waals surface area contributed by atoms with Gasteiger partial charge in [0, 0.05) is 25.4 Å². The highest BCUT2D eigenvalue weighted by Gasteiger charge is 2.15. The average Bonchev–Trinajstić information content (AvgIpc) is 2.30. The minimum atomic E-state index is -0.0750. The first-order chi connectivity index (χ1) is 7.70. The van der Waals surface area contributed by atoms with Gasteiger partial charge >= 0.3 is 0 Å². The predicted molar refractivity (Wildman–Crippen MR) is 64.1 cm³/mol. The lowest BCUT2D eigenvalue weighted by Crippen LogP contribution is -2.32. The van der Waals surface area contributed by atoms with Gasteiger partial charge in [0.1, 0.15) is 0 Å². The summed E-state index contributed by atoms with van der Waals surface area (Å²) in [6, 6.07) is 7.03. The molecule has 0 spiro atoms. The number of hydrogen-bond acceptors (Lipinski definition) is 3. The van der Waals surface area contributed by atoms with Crippen LogP contribution in [0.3, 0.4) is 0 Å². The van der Waals surface area contributed by atoms with Crippen LogP contribution >= 0.6 is 0 Å². The zero-order chi connectivity index (χ0) is 12.0. The molecule has 0 heterocycles. The highest BCUT2D eigenvalue weighted by Crippen LogP contribution is 2.13. The van der Waals surface area contributed by atoms with E-state index in [9.17, 15) is 4.79 Å². The average molecular weight is 222 g/mol. The highest BCUT2D eigenvalue weighted by atomic mass is 16.3. The predicted octanol–water partition coefficient (Wildman–Crippen LogP) is 1.11. The Kier molecular flexibility index (Phi) is 4.79. The quantitative estimate of drug-likeness (QED) is 0.733. The largest absolute Gasteiger partial charge is 0.398 e. The maximum Gasteiger partial charge on any atom is 0.255 e. The monoisotopic (exact) mass is 222 g/mol. The van der Waals surface area contributed by atoms with Crippen molar-refractivity contribution >= 4 is 11.6 Å². The van der Waals surface area contributed by atoms with Gasteiger partial charge in [0.25, 0.3) is 5.91 Å². The molecule has 88 valence electrons. The Morgan fingerprint density at radius 1 is 1.44 bits per heavy atom. The van der Waals surface area contributed by atoms with Crippen LogP contribution in [-0.4, -0.2) is 35.6 Å². The second-order valence-corrected chi connectivity index (χ2v) is 3.55. The normalized spacial score (nSPS) is 10.1. The molecular weight excluding hydrogens is 204 g/mol. The fourth-order valence-electron chi connectivity index (χ4n) is 1.53. The van der Waals surface area contributed by atoms with Gasteiger partial charge in [-0.2, -0.15) is 0 Å². The van der Waals surface area contributed by atoms with E-state index in [0.717, 1.165) is 0 Å². The first-order valence-electron chi connectivity index (χ1n) is 5.45. The fourth-order valence-corrected chi connectivity index (χ4v) is 1.53. The Labute approximate surface area is 95.7 Å². The molecule has 0 aliphatic rings. The van der Waals surface area contributed by atoms with E-state index in [-0.39, 0.29) is 12.5 Å². The summed E-state index contributed by atoms with van der Waals surface area (Å²) in [6.07, 6.45) is 0.590. The first-order valence-corrected chi connectivity index (χ1v) is 5.45. The number of aliphatic hydroxyl groups is 1. The van der Waals surface area contributed by atoms with Gasteiger partial charge in [0.05, 0.1) is 5.56 Å². The van der Waals surface area contributed by atoms with Crippen LogP contribution in [0.1, 0.15) is 23.7 Å². The number of nitrogens with zero attached hydrogens (tertiary/aromatic N) is 1. The third-order valence-electron chi connectivity index (χ3n) is 2.45. The van der Waals surface area contributed by atoms with E-state index in [1.54, 1.807) is 29.2 Å². The Balaban J connectivity index is 2.79. The number of hydrogen-bond donors (Lipinski definition) is 2. The molecule has 0 aliphatic heterocycles. The molecule has 0 fully saturated rings. The Hall–Kier alpha value is -1.55. The molecule has 3 N–H and O–H groups in total. The lowest BCUT2D eigenvalue weighted by atomic mass is 10.1. The Morgan fingerprint density at radius 3 is 2.69 bits per heavy atom. The van der Waals surface area contributed by atoms with E-state index >= 15 is 0 Å². The number of benzene rings is 1. The van der Waals surface area contributed by atoms with Crippen molar-refractivity contribution in [1.82, 2.24) is 4.90 Å². The SMILES string of the molecule is CCN(CCCO)C(=O)c1ccccc1N. The molecule has 1 amide bonds. The van der Waals surface area contributed by atoms with Crippen molar-refractivity contribution in [1.29, 1.82) is 0 Å². The van der Waals surface area contributed by atoms with Crippen LogP contribution in [0, 0.1) is 0 Å². The van der Waals surface area contributed by atoms with Crippen LogP contribution in [0.2, 0.25) is 0 Å². The zero-order valence-corrected chi connectivity index (χ0v) is 9.52. The number of carbonyl (C=O) groups is 1. The molecule has 0 saturated carbocycles. The number of anilines is 1. The van der Waals surface area contributed by atoms with E-state index in [1.807, 2.05) is 6.92 Å². The molecule has 0 atom stereocenters. The third-order valence-corrected chi connectivity index (χ3v) is 2.45. The van der Waals surface area contributed by atoms with Crippen molar-refractivity contribution in [3.05, 3.63) is 29.8 Å². The van der Waals surface area contributed by atoms with Gasteiger partial charge < -0.3 is 15.7 Å². The summed E-state index contributed by atoms with van der Waals surface area (Å²) >= 11 is 0. The van der Waals surface area contributed by atoms with Crippen LogP contribution in [0.15, 0.2) is 24.3 Å². The van der Waals surface area contributed by atoms with Crippen molar-refractivity contribution in [2.45, 2.75) is 13.3 Å². The van der Waals surface area contributed by atoms with E-state index in [2.05, 4.69) is 0 Å². The van der Waals surface area contributed by atoms with E-state index < -0.39 is 0 Å². The lowest BCUT2D eigenvalue weighted by Gasteiger charge is -2.21. The lowest BCUT2D eigenvalue weighted by molar-refractivity contribution is 0.0755. The molecular formula is C12H18N2O2. The summed E-state index contributed by atoms with van der Waals surface area (Å²) < 4.78 is 0. The number of para-hydroxylation sites is 1. The topological polar surface area (TPSA) is 66.6 Å². The minimum Gasteiger partial charge on any atom is -0.398 e. The number of nitrogen functional groups attached to an aromatic ring is 1. The van der Waals surface area contributed by atoms with Crippen LogP contribution in [0.25, 0.3) is 0 Å². The van der Waals surface area contributed by atoms with Gasteiger partial charge in [-0.3, -0.25) is 4.79 Å². The molecule has 0 radical (unpaired) electrons. The number of nitrogens with two attached hydrogens (primary N) is 1. The summed E-state index contributed by atoms with van der Waals surface area (Å²) in [7, 11) is 0.